The third-order valence-corrected chi connectivity index (χ3v) is 4.14. The van der Waals surface area contributed by atoms with Gasteiger partial charge < -0.3 is 14.8 Å². The average molecular weight is 311 g/mol. The predicted octanol–water partition coefficient (Wildman–Crippen LogP) is 3.42. The summed E-state index contributed by atoms with van der Waals surface area (Å²) in [6, 6.07) is 18.8. The van der Waals surface area contributed by atoms with E-state index in [4.69, 9.17) is 9.47 Å². The summed E-state index contributed by atoms with van der Waals surface area (Å²) in [7, 11) is 0. The molecule has 0 saturated carbocycles. The van der Waals surface area contributed by atoms with Gasteiger partial charge in [0.15, 0.2) is 0 Å². The molecule has 1 saturated heterocycles. The minimum atomic E-state index is 0.389. The van der Waals surface area contributed by atoms with Crippen molar-refractivity contribution in [2.45, 2.75) is 25.4 Å². The molecule has 3 rings (SSSR count). The van der Waals surface area contributed by atoms with Crippen LogP contribution in [0.15, 0.2) is 54.6 Å². The van der Waals surface area contributed by atoms with Crippen LogP contribution in [-0.4, -0.2) is 32.4 Å². The standard InChI is InChI=1S/C20H25NO2/c1-2-7-17(8-3-1)15-18-9-4-5-11-20(18)23-14-12-21-16-19-10-6-13-22-19/h1-5,7-9,11,19,21H,6,10,12-16H2/t19-/m0/s1. The number of hydrogen-bond donors (Lipinski definition) is 1. The number of para-hydroxylation sites is 1. The molecule has 0 radical (unpaired) electrons. The van der Waals surface area contributed by atoms with Gasteiger partial charge in [-0.3, -0.25) is 0 Å². The van der Waals surface area contributed by atoms with Gasteiger partial charge in [0.1, 0.15) is 12.4 Å². The first-order valence-electron chi connectivity index (χ1n) is 8.49. The lowest BCUT2D eigenvalue weighted by molar-refractivity contribution is 0.109. The molecule has 1 N–H and O–H groups in total. The monoisotopic (exact) mass is 311 g/mol. The Labute approximate surface area is 138 Å². The molecular weight excluding hydrogens is 286 g/mol. The fourth-order valence-electron chi connectivity index (χ4n) is 2.91. The van der Waals surface area contributed by atoms with E-state index in [2.05, 4.69) is 47.8 Å². The van der Waals surface area contributed by atoms with Gasteiger partial charge in [0.05, 0.1) is 6.10 Å². The van der Waals surface area contributed by atoms with Crippen LogP contribution < -0.4 is 10.1 Å². The van der Waals surface area contributed by atoms with Gasteiger partial charge in [0, 0.05) is 26.1 Å². The first-order valence-corrected chi connectivity index (χ1v) is 8.49. The summed E-state index contributed by atoms with van der Waals surface area (Å²) in [5.74, 6) is 0.982. The molecule has 1 aliphatic heterocycles. The van der Waals surface area contributed by atoms with E-state index in [1.54, 1.807) is 0 Å². The normalized spacial score (nSPS) is 17.3. The van der Waals surface area contributed by atoms with Crippen LogP contribution in [0.2, 0.25) is 0 Å². The summed E-state index contributed by atoms with van der Waals surface area (Å²) < 4.78 is 11.6. The zero-order chi connectivity index (χ0) is 15.7. The van der Waals surface area contributed by atoms with Crippen LogP contribution in [0, 0.1) is 0 Å². The van der Waals surface area contributed by atoms with Gasteiger partial charge in [-0.25, -0.2) is 0 Å². The van der Waals surface area contributed by atoms with Gasteiger partial charge in [0.2, 0.25) is 0 Å². The molecule has 0 amide bonds. The third-order valence-electron chi connectivity index (χ3n) is 4.14. The molecule has 2 aromatic carbocycles. The molecule has 0 spiro atoms. The maximum absolute atomic E-state index is 5.97. The van der Waals surface area contributed by atoms with Gasteiger partial charge in [-0.2, -0.15) is 0 Å². The lowest BCUT2D eigenvalue weighted by atomic mass is 10.0. The summed E-state index contributed by atoms with van der Waals surface area (Å²) >= 11 is 0. The fraction of sp³-hybridized carbons (Fsp3) is 0.400. The second kappa shape index (κ2) is 8.70. The molecule has 1 atom stereocenters. The van der Waals surface area contributed by atoms with E-state index in [1.807, 2.05) is 12.1 Å². The highest BCUT2D eigenvalue weighted by Crippen LogP contribution is 2.21. The molecule has 0 aromatic heterocycles. The Kier molecular flexibility index (Phi) is 6.07. The molecule has 23 heavy (non-hydrogen) atoms. The Morgan fingerprint density at radius 3 is 2.70 bits per heavy atom. The second-order valence-corrected chi connectivity index (χ2v) is 5.96. The molecule has 0 unspecified atom stereocenters. The number of rotatable bonds is 8. The quantitative estimate of drug-likeness (QED) is 0.758. The SMILES string of the molecule is c1ccc(Cc2ccccc2OCCNC[C@@H]2CCCO2)cc1. The Bertz CT molecular complexity index is 579. The molecule has 1 fully saturated rings. The Hall–Kier alpha value is -1.84. The predicted molar refractivity (Wildman–Crippen MR) is 93.0 cm³/mol. The first-order chi connectivity index (χ1) is 11.4. The van der Waals surface area contributed by atoms with E-state index in [0.29, 0.717) is 12.7 Å². The van der Waals surface area contributed by atoms with E-state index >= 15 is 0 Å². The van der Waals surface area contributed by atoms with Crippen LogP contribution in [0.5, 0.6) is 5.75 Å². The molecule has 3 heteroatoms. The molecule has 1 aliphatic rings. The molecule has 3 nitrogen and oxygen atoms in total. The van der Waals surface area contributed by atoms with E-state index in [0.717, 1.165) is 31.9 Å². The van der Waals surface area contributed by atoms with Gasteiger partial charge in [-0.05, 0) is 30.0 Å². The highest BCUT2D eigenvalue weighted by atomic mass is 16.5. The number of ether oxygens (including phenoxy) is 2. The summed E-state index contributed by atoms with van der Waals surface area (Å²) in [5, 5.41) is 3.42. The average Bonchev–Trinajstić information content (AvgIpc) is 3.10. The van der Waals surface area contributed by atoms with Gasteiger partial charge in [-0.1, -0.05) is 48.5 Å². The van der Waals surface area contributed by atoms with Crippen molar-refractivity contribution in [3.05, 3.63) is 65.7 Å². The van der Waals surface area contributed by atoms with Crippen molar-refractivity contribution in [1.29, 1.82) is 0 Å². The van der Waals surface area contributed by atoms with Crippen LogP contribution >= 0.6 is 0 Å². The van der Waals surface area contributed by atoms with Gasteiger partial charge >= 0.3 is 0 Å². The van der Waals surface area contributed by atoms with Gasteiger partial charge in [0.25, 0.3) is 0 Å². The van der Waals surface area contributed by atoms with Crippen molar-refractivity contribution in [3.63, 3.8) is 0 Å². The fourth-order valence-corrected chi connectivity index (χ4v) is 2.91. The first kappa shape index (κ1) is 16.0. The Morgan fingerprint density at radius 1 is 1.04 bits per heavy atom. The number of benzene rings is 2. The summed E-state index contributed by atoms with van der Waals surface area (Å²) in [6.07, 6.45) is 3.66. The van der Waals surface area contributed by atoms with Crippen molar-refractivity contribution in [2.24, 2.45) is 0 Å². The van der Waals surface area contributed by atoms with Crippen molar-refractivity contribution in [2.75, 3.05) is 26.3 Å². The lowest BCUT2D eigenvalue weighted by Gasteiger charge is -2.13. The molecule has 0 bridgehead atoms. The van der Waals surface area contributed by atoms with Crippen LogP contribution in [0.3, 0.4) is 0 Å². The van der Waals surface area contributed by atoms with E-state index in [-0.39, 0.29) is 0 Å². The van der Waals surface area contributed by atoms with E-state index in [9.17, 15) is 0 Å². The second-order valence-electron chi connectivity index (χ2n) is 5.96. The van der Waals surface area contributed by atoms with E-state index < -0.39 is 0 Å². The molecule has 122 valence electrons. The summed E-state index contributed by atoms with van der Waals surface area (Å²) in [4.78, 5) is 0. The minimum absolute atomic E-state index is 0.389. The van der Waals surface area contributed by atoms with Crippen LogP contribution in [0.25, 0.3) is 0 Å². The third kappa shape index (κ3) is 5.08. The number of hydrogen-bond acceptors (Lipinski definition) is 3. The zero-order valence-corrected chi connectivity index (χ0v) is 13.5. The van der Waals surface area contributed by atoms with Gasteiger partial charge in [-0.15, -0.1) is 0 Å². The number of nitrogens with one attached hydrogen (secondary N) is 1. The lowest BCUT2D eigenvalue weighted by Crippen LogP contribution is -2.29. The topological polar surface area (TPSA) is 30.5 Å². The highest BCUT2D eigenvalue weighted by Gasteiger charge is 2.14. The zero-order valence-electron chi connectivity index (χ0n) is 13.5. The molecule has 0 aliphatic carbocycles. The van der Waals surface area contributed by atoms with E-state index in [1.165, 1.54) is 24.0 Å². The smallest absolute Gasteiger partial charge is 0.122 e. The maximum atomic E-state index is 5.97. The van der Waals surface area contributed by atoms with Crippen LogP contribution in [0.1, 0.15) is 24.0 Å². The molecular formula is C20H25NO2. The maximum Gasteiger partial charge on any atom is 0.122 e. The Balaban J connectivity index is 1.46. The van der Waals surface area contributed by atoms with Crippen molar-refractivity contribution in [1.82, 2.24) is 5.32 Å². The minimum Gasteiger partial charge on any atom is -0.492 e. The van der Waals surface area contributed by atoms with Crippen LogP contribution in [-0.2, 0) is 11.2 Å². The van der Waals surface area contributed by atoms with Crippen molar-refractivity contribution in [3.8, 4) is 5.75 Å². The molecule has 2 aromatic rings. The largest absolute Gasteiger partial charge is 0.492 e. The summed E-state index contributed by atoms with van der Waals surface area (Å²) in [6.45, 7) is 3.36. The Morgan fingerprint density at radius 2 is 1.87 bits per heavy atom. The van der Waals surface area contributed by atoms with Crippen molar-refractivity contribution < 1.29 is 9.47 Å². The molecule has 1 heterocycles. The van der Waals surface area contributed by atoms with Crippen molar-refractivity contribution >= 4 is 0 Å². The van der Waals surface area contributed by atoms with Crippen LogP contribution in [0.4, 0.5) is 0 Å². The highest BCUT2D eigenvalue weighted by molar-refractivity contribution is 5.37. The summed E-state index contributed by atoms with van der Waals surface area (Å²) in [5.41, 5.74) is 2.54.